The minimum atomic E-state index is -0.205. The smallest absolute Gasteiger partial charge is 0.0582 e. The average Bonchev–Trinajstić information content (AvgIpc) is 3.71. The van der Waals surface area contributed by atoms with Crippen LogP contribution >= 0.6 is 0 Å². The molecule has 2 heterocycles. The van der Waals surface area contributed by atoms with Gasteiger partial charge in [-0.25, -0.2) is 0 Å². The largest absolute Gasteiger partial charge is 0.309 e. The van der Waals surface area contributed by atoms with Crippen molar-refractivity contribution in [2.24, 2.45) is 0 Å². The summed E-state index contributed by atoms with van der Waals surface area (Å²) in [5.74, 6) is 0. The Labute approximate surface area is 339 Å². The molecule has 0 unspecified atom stereocenters. The monoisotopic (exact) mass is 742 g/mol. The van der Waals surface area contributed by atoms with E-state index in [4.69, 9.17) is 0 Å². The highest BCUT2D eigenvalue weighted by molar-refractivity contribution is 6.13. The molecule has 58 heavy (non-hydrogen) atoms. The van der Waals surface area contributed by atoms with E-state index in [9.17, 15) is 0 Å². The fourth-order valence-corrected chi connectivity index (χ4v) is 10.6. The molecule has 9 aromatic carbocycles. The van der Waals surface area contributed by atoms with E-state index in [0.717, 1.165) is 5.69 Å². The number of aromatic nitrogens is 1. The van der Waals surface area contributed by atoms with Crippen LogP contribution in [-0.4, -0.2) is 4.57 Å². The average molecular weight is 743 g/mol. The maximum atomic E-state index is 2.50. The van der Waals surface area contributed by atoms with Gasteiger partial charge >= 0.3 is 0 Å². The van der Waals surface area contributed by atoms with Gasteiger partial charge in [0, 0.05) is 38.1 Å². The Morgan fingerprint density at radius 2 is 0.931 bits per heavy atom. The molecule has 0 N–H and O–H groups in total. The second kappa shape index (κ2) is 11.8. The zero-order valence-corrected chi connectivity index (χ0v) is 33.2. The molecule has 12 rings (SSSR count). The van der Waals surface area contributed by atoms with Gasteiger partial charge in [0.1, 0.15) is 0 Å². The van der Waals surface area contributed by atoms with Crippen molar-refractivity contribution in [1.29, 1.82) is 0 Å². The van der Waals surface area contributed by atoms with Crippen LogP contribution in [0.3, 0.4) is 0 Å². The van der Waals surface area contributed by atoms with Crippen molar-refractivity contribution in [3.05, 3.63) is 204 Å². The van der Waals surface area contributed by atoms with Gasteiger partial charge in [-0.3, -0.25) is 0 Å². The lowest BCUT2D eigenvalue weighted by Crippen LogP contribution is -2.26. The quantitative estimate of drug-likeness (QED) is 0.174. The zero-order chi connectivity index (χ0) is 38.9. The minimum Gasteiger partial charge on any atom is -0.309 e. The summed E-state index contributed by atoms with van der Waals surface area (Å²) in [7, 11) is 0. The molecule has 0 saturated heterocycles. The first-order valence-corrected chi connectivity index (χ1v) is 20.5. The highest BCUT2D eigenvalue weighted by Crippen LogP contribution is 2.53. The van der Waals surface area contributed by atoms with Gasteiger partial charge in [-0.15, -0.1) is 0 Å². The van der Waals surface area contributed by atoms with Crippen LogP contribution in [0.15, 0.2) is 182 Å². The lowest BCUT2D eigenvalue weighted by atomic mass is 9.75. The molecular weight excluding hydrogens is 701 g/mol. The number of para-hydroxylation sites is 2. The van der Waals surface area contributed by atoms with Crippen LogP contribution in [0.5, 0.6) is 0 Å². The summed E-state index contributed by atoms with van der Waals surface area (Å²) in [6.07, 6.45) is 0. The SMILES string of the molecule is CC1(C)c2cc(-c3ccc4c(c3)c3cccc5c3n4-c3ccccc3C5(C)C)ccc2-c2ccc(N(c3cccc4ccccc34)c3cccc4ccccc34)cc21. The van der Waals surface area contributed by atoms with Gasteiger partial charge in [-0.05, 0) is 104 Å². The number of hydrogen-bond donors (Lipinski definition) is 0. The summed E-state index contributed by atoms with van der Waals surface area (Å²) < 4.78 is 2.50. The van der Waals surface area contributed by atoms with E-state index in [-0.39, 0.29) is 10.8 Å². The second-order valence-corrected chi connectivity index (χ2v) is 17.4. The summed E-state index contributed by atoms with van der Waals surface area (Å²) in [5.41, 5.74) is 17.7. The molecule has 0 radical (unpaired) electrons. The van der Waals surface area contributed by atoms with Crippen LogP contribution in [0.4, 0.5) is 17.1 Å². The van der Waals surface area contributed by atoms with E-state index in [1.54, 1.807) is 0 Å². The molecular formula is C56H42N2. The molecule has 1 aliphatic heterocycles. The minimum absolute atomic E-state index is 0.0788. The standard InChI is InChI=1S/C56H42N2/c1-55(2)46-21-9-10-23-53(46)58-52-31-27-37(32-45(52)44-20-13-22-47(55)54(44)58)38-26-29-42-43-30-28-39(34-49(43)56(3,4)48(42)33-38)57(50-24-11-16-35-14-5-7-18-40(35)50)51-25-12-17-36-15-6-8-19-41(36)51/h5-34H,1-4H3. The predicted octanol–water partition coefficient (Wildman–Crippen LogP) is 15.2. The van der Waals surface area contributed by atoms with E-state index in [1.165, 1.54) is 105 Å². The summed E-state index contributed by atoms with van der Waals surface area (Å²) in [4.78, 5) is 2.48. The molecule has 0 fully saturated rings. The molecule has 1 aromatic heterocycles. The molecule has 2 heteroatoms. The number of fused-ring (bicyclic) bond motifs is 10. The van der Waals surface area contributed by atoms with Gasteiger partial charge in [0.05, 0.1) is 28.1 Å². The molecule has 0 bridgehead atoms. The Kier molecular flexibility index (Phi) is 6.78. The number of benzene rings is 9. The van der Waals surface area contributed by atoms with Gasteiger partial charge in [0.25, 0.3) is 0 Å². The maximum absolute atomic E-state index is 2.50. The highest BCUT2D eigenvalue weighted by atomic mass is 15.1. The van der Waals surface area contributed by atoms with Crippen molar-refractivity contribution < 1.29 is 0 Å². The fraction of sp³-hybridized carbons (Fsp3) is 0.107. The first-order valence-electron chi connectivity index (χ1n) is 20.5. The van der Waals surface area contributed by atoms with Crippen molar-refractivity contribution in [2.45, 2.75) is 38.5 Å². The van der Waals surface area contributed by atoms with E-state index in [0.29, 0.717) is 0 Å². The third kappa shape index (κ3) is 4.49. The summed E-state index contributed by atoms with van der Waals surface area (Å²) in [6.45, 7) is 9.54. The Bertz CT molecular complexity index is 3270. The third-order valence-electron chi connectivity index (χ3n) is 13.5. The summed E-state index contributed by atoms with van der Waals surface area (Å²) in [5, 5.41) is 7.55. The van der Waals surface area contributed by atoms with Crippen LogP contribution in [0.2, 0.25) is 0 Å². The van der Waals surface area contributed by atoms with Crippen molar-refractivity contribution in [3.63, 3.8) is 0 Å². The van der Waals surface area contributed by atoms with Gasteiger partial charge < -0.3 is 9.47 Å². The predicted molar refractivity (Wildman–Crippen MR) is 246 cm³/mol. The van der Waals surface area contributed by atoms with E-state index in [1.807, 2.05) is 0 Å². The van der Waals surface area contributed by atoms with E-state index < -0.39 is 0 Å². The van der Waals surface area contributed by atoms with Gasteiger partial charge in [-0.1, -0.05) is 161 Å². The zero-order valence-electron chi connectivity index (χ0n) is 33.2. The molecule has 0 spiro atoms. The van der Waals surface area contributed by atoms with E-state index >= 15 is 0 Å². The summed E-state index contributed by atoms with van der Waals surface area (Å²) >= 11 is 0. The molecule has 0 saturated carbocycles. The number of nitrogens with zero attached hydrogens (tertiary/aromatic N) is 2. The van der Waals surface area contributed by atoms with E-state index in [2.05, 4.69) is 219 Å². The Morgan fingerprint density at radius 3 is 1.67 bits per heavy atom. The van der Waals surface area contributed by atoms with Gasteiger partial charge in [-0.2, -0.15) is 0 Å². The molecule has 2 aliphatic rings. The number of hydrogen-bond acceptors (Lipinski definition) is 1. The number of rotatable bonds is 4. The first-order chi connectivity index (χ1) is 28.3. The van der Waals surface area contributed by atoms with Crippen LogP contribution in [0.25, 0.3) is 71.3 Å². The lowest BCUT2D eigenvalue weighted by Gasteiger charge is -2.34. The number of anilines is 3. The molecule has 10 aromatic rings. The second-order valence-electron chi connectivity index (χ2n) is 17.4. The van der Waals surface area contributed by atoms with Gasteiger partial charge in [0.2, 0.25) is 0 Å². The van der Waals surface area contributed by atoms with Crippen molar-refractivity contribution in [1.82, 2.24) is 4.57 Å². The molecule has 2 nitrogen and oxygen atoms in total. The first kappa shape index (κ1) is 33.3. The third-order valence-corrected chi connectivity index (χ3v) is 13.5. The normalized spacial score (nSPS) is 14.5. The van der Waals surface area contributed by atoms with Crippen LogP contribution in [0, 0.1) is 0 Å². The van der Waals surface area contributed by atoms with Crippen LogP contribution in [-0.2, 0) is 10.8 Å². The van der Waals surface area contributed by atoms with Crippen molar-refractivity contribution in [3.8, 4) is 27.9 Å². The lowest BCUT2D eigenvalue weighted by molar-refractivity contribution is 0.630. The molecule has 0 amide bonds. The molecule has 0 atom stereocenters. The van der Waals surface area contributed by atoms with Crippen molar-refractivity contribution in [2.75, 3.05) is 4.90 Å². The fourth-order valence-electron chi connectivity index (χ4n) is 10.6. The van der Waals surface area contributed by atoms with Crippen molar-refractivity contribution >= 4 is 60.4 Å². The molecule has 1 aliphatic carbocycles. The topological polar surface area (TPSA) is 8.17 Å². The Balaban J connectivity index is 0.997. The van der Waals surface area contributed by atoms with Gasteiger partial charge in [0.15, 0.2) is 0 Å². The summed E-state index contributed by atoms with van der Waals surface area (Å²) in [6, 6.07) is 68.0. The van der Waals surface area contributed by atoms with Crippen LogP contribution < -0.4 is 4.90 Å². The Morgan fingerprint density at radius 1 is 0.397 bits per heavy atom. The maximum Gasteiger partial charge on any atom is 0.0582 e. The molecule has 276 valence electrons. The van der Waals surface area contributed by atoms with Crippen LogP contribution in [0.1, 0.15) is 49.9 Å². The Hall–Kier alpha value is -6.90. The highest BCUT2D eigenvalue weighted by Gasteiger charge is 2.37.